The maximum Gasteiger partial charge on any atom is 0.407 e. The van der Waals surface area contributed by atoms with E-state index in [1.54, 1.807) is 0 Å². The third kappa shape index (κ3) is 1.46. The second-order valence-electron chi connectivity index (χ2n) is 4.50. The van der Waals surface area contributed by atoms with Crippen molar-refractivity contribution < 1.29 is 14.6 Å². The highest BCUT2D eigenvalue weighted by Gasteiger charge is 2.64. The van der Waals surface area contributed by atoms with Gasteiger partial charge in [-0.15, -0.1) is 0 Å². The minimum absolute atomic E-state index is 0.159. The second kappa shape index (κ2) is 3.22. The average molecular weight is 219 g/mol. The molecule has 16 heavy (non-hydrogen) atoms. The summed E-state index contributed by atoms with van der Waals surface area (Å²) in [4.78, 5) is 12.0. The van der Waals surface area contributed by atoms with Crippen LogP contribution < -0.4 is 0 Å². The molecule has 2 saturated heterocycles. The fourth-order valence-corrected chi connectivity index (χ4v) is 2.32. The molecular formula is C12H13NO3. The van der Waals surface area contributed by atoms with Gasteiger partial charge >= 0.3 is 6.09 Å². The zero-order valence-corrected chi connectivity index (χ0v) is 8.80. The van der Waals surface area contributed by atoms with E-state index in [9.17, 15) is 4.79 Å². The maximum absolute atomic E-state index is 10.6. The molecule has 1 atom stereocenters. The highest BCUT2D eigenvalue weighted by atomic mass is 16.6. The Balaban J connectivity index is 1.56. The Bertz CT molecular complexity index is 412. The summed E-state index contributed by atoms with van der Waals surface area (Å²) in [5.41, 5.74) is 1.09. The number of ether oxygens (including phenoxy) is 1. The highest BCUT2D eigenvalue weighted by Crippen LogP contribution is 2.45. The van der Waals surface area contributed by atoms with Crippen LogP contribution in [-0.4, -0.2) is 40.9 Å². The van der Waals surface area contributed by atoms with Crippen molar-refractivity contribution in [3.63, 3.8) is 0 Å². The van der Waals surface area contributed by atoms with E-state index in [4.69, 9.17) is 9.84 Å². The zero-order chi connectivity index (χ0) is 11.2. The average Bonchev–Trinajstić information content (AvgIpc) is 2.91. The number of hydrogen-bond acceptors (Lipinski definition) is 2. The van der Waals surface area contributed by atoms with E-state index in [2.05, 4.69) is 12.1 Å². The molecule has 0 aliphatic carbocycles. The van der Waals surface area contributed by atoms with E-state index in [0.717, 1.165) is 6.42 Å². The van der Waals surface area contributed by atoms with Crippen LogP contribution in [-0.2, 0) is 11.2 Å². The van der Waals surface area contributed by atoms with E-state index >= 15 is 0 Å². The van der Waals surface area contributed by atoms with Gasteiger partial charge in [-0.05, 0) is 5.56 Å². The van der Waals surface area contributed by atoms with Gasteiger partial charge in [-0.25, -0.2) is 4.79 Å². The van der Waals surface area contributed by atoms with Gasteiger partial charge in [0, 0.05) is 6.42 Å². The molecule has 84 valence electrons. The molecule has 2 heterocycles. The molecule has 0 radical (unpaired) electrons. The van der Waals surface area contributed by atoms with Gasteiger partial charge in [0.25, 0.3) is 0 Å². The van der Waals surface area contributed by atoms with Crippen molar-refractivity contribution in [3.05, 3.63) is 35.9 Å². The highest BCUT2D eigenvalue weighted by molar-refractivity contribution is 5.67. The smallest absolute Gasteiger partial charge is 0.407 e. The monoisotopic (exact) mass is 219 g/mol. The second-order valence-corrected chi connectivity index (χ2v) is 4.50. The Morgan fingerprint density at radius 2 is 2.12 bits per heavy atom. The summed E-state index contributed by atoms with van der Waals surface area (Å²) < 4.78 is 5.62. The normalized spacial score (nSPS) is 25.2. The predicted octanol–water partition coefficient (Wildman–Crippen LogP) is 1.36. The molecule has 2 fully saturated rings. The Labute approximate surface area is 93.4 Å². The molecule has 4 heteroatoms. The predicted molar refractivity (Wildman–Crippen MR) is 57.3 cm³/mol. The number of carbonyl (C=O) groups is 1. The van der Waals surface area contributed by atoms with Gasteiger partial charge in [0.2, 0.25) is 0 Å². The van der Waals surface area contributed by atoms with Crippen molar-refractivity contribution in [1.82, 2.24) is 4.90 Å². The molecule has 1 unspecified atom stereocenters. The standard InChI is InChI=1S/C12H13NO3/c14-11(15)13-7-12(8-13)10(16-12)6-9-4-2-1-3-5-9/h1-5,10H,6-8H2,(H,14,15). The number of epoxide rings is 1. The van der Waals surface area contributed by atoms with Crippen molar-refractivity contribution in [2.24, 2.45) is 0 Å². The van der Waals surface area contributed by atoms with Crippen LogP contribution in [0.4, 0.5) is 4.79 Å². The number of benzene rings is 1. The van der Waals surface area contributed by atoms with Crippen molar-refractivity contribution in [2.75, 3.05) is 13.1 Å². The molecule has 3 rings (SSSR count). The number of carboxylic acid groups (broad SMARTS) is 1. The first-order chi connectivity index (χ1) is 7.70. The van der Waals surface area contributed by atoms with Gasteiger partial charge in [0.15, 0.2) is 0 Å². The zero-order valence-electron chi connectivity index (χ0n) is 8.80. The lowest BCUT2D eigenvalue weighted by molar-refractivity contribution is 0.0577. The summed E-state index contributed by atoms with van der Waals surface area (Å²) in [6.45, 7) is 1.06. The number of amides is 1. The van der Waals surface area contributed by atoms with Gasteiger partial charge in [0.05, 0.1) is 19.2 Å². The van der Waals surface area contributed by atoms with E-state index < -0.39 is 6.09 Å². The van der Waals surface area contributed by atoms with Gasteiger partial charge in [0.1, 0.15) is 5.60 Å². The van der Waals surface area contributed by atoms with Crippen molar-refractivity contribution in [3.8, 4) is 0 Å². The molecule has 0 aromatic heterocycles. The fraction of sp³-hybridized carbons (Fsp3) is 0.417. The lowest BCUT2D eigenvalue weighted by atomic mass is 9.93. The van der Waals surface area contributed by atoms with Crippen molar-refractivity contribution in [1.29, 1.82) is 0 Å². The van der Waals surface area contributed by atoms with Gasteiger partial charge in [-0.3, -0.25) is 0 Å². The van der Waals surface area contributed by atoms with Crippen LogP contribution in [0.5, 0.6) is 0 Å². The van der Waals surface area contributed by atoms with Crippen LogP contribution in [0.1, 0.15) is 5.56 Å². The summed E-state index contributed by atoms with van der Waals surface area (Å²) in [5.74, 6) is 0. The number of hydrogen-bond donors (Lipinski definition) is 1. The van der Waals surface area contributed by atoms with Gasteiger partial charge in [-0.1, -0.05) is 30.3 Å². The van der Waals surface area contributed by atoms with Gasteiger partial charge in [-0.2, -0.15) is 0 Å². The first-order valence-corrected chi connectivity index (χ1v) is 5.39. The molecule has 4 nitrogen and oxygen atoms in total. The molecule has 1 spiro atoms. The third-order valence-corrected chi connectivity index (χ3v) is 3.36. The summed E-state index contributed by atoms with van der Waals surface area (Å²) in [6.07, 6.45) is 0.235. The Morgan fingerprint density at radius 1 is 1.44 bits per heavy atom. The Morgan fingerprint density at radius 3 is 2.75 bits per heavy atom. The molecule has 2 aliphatic heterocycles. The van der Waals surface area contributed by atoms with Crippen LogP contribution in [0.3, 0.4) is 0 Å². The SMILES string of the molecule is O=C(O)N1CC2(C1)OC2Cc1ccccc1. The van der Waals surface area contributed by atoms with Gasteiger partial charge < -0.3 is 14.7 Å². The number of likely N-dealkylation sites (tertiary alicyclic amines) is 1. The molecule has 2 aliphatic rings. The summed E-state index contributed by atoms with van der Waals surface area (Å²) in [6, 6.07) is 10.2. The van der Waals surface area contributed by atoms with Crippen LogP contribution in [0.2, 0.25) is 0 Å². The topological polar surface area (TPSA) is 53.1 Å². The molecule has 1 aromatic rings. The number of nitrogens with zero attached hydrogens (tertiary/aromatic N) is 1. The van der Waals surface area contributed by atoms with E-state index in [1.807, 2.05) is 18.2 Å². The first-order valence-electron chi connectivity index (χ1n) is 5.39. The van der Waals surface area contributed by atoms with Crippen LogP contribution in [0, 0.1) is 0 Å². The number of rotatable bonds is 2. The van der Waals surface area contributed by atoms with Crippen LogP contribution in [0.15, 0.2) is 30.3 Å². The minimum atomic E-state index is -0.848. The van der Waals surface area contributed by atoms with Crippen molar-refractivity contribution >= 4 is 6.09 Å². The summed E-state index contributed by atoms with van der Waals surface area (Å²) in [5, 5.41) is 8.74. The molecule has 1 amide bonds. The van der Waals surface area contributed by atoms with E-state index in [1.165, 1.54) is 10.5 Å². The Kier molecular flexibility index (Phi) is 1.94. The first kappa shape index (κ1) is 9.66. The lowest BCUT2D eigenvalue weighted by Crippen LogP contribution is -2.57. The largest absolute Gasteiger partial charge is 0.465 e. The van der Waals surface area contributed by atoms with E-state index in [-0.39, 0.29) is 11.7 Å². The minimum Gasteiger partial charge on any atom is -0.465 e. The quantitative estimate of drug-likeness (QED) is 0.764. The molecule has 0 saturated carbocycles. The third-order valence-electron chi connectivity index (χ3n) is 3.36. The lowest BCUT2D eigenvalue weighted by Gasteiger charge is -2.35. The maximum atomic E-state index is 10.6. The molecule has 1 aromatic carbocycles. The molecular weight excluding hydrogens is 206 g/mol. The fourth-order valence-electron chi connectivity index (χ4n) is 2.32. The van der Waals surface area contributed by atoms with Crippen LogP contribution in [0.25, 0.3) is 0 Å². The molecule has 0 bridgehead atoms. The van der Waals surface area contributed by atoms with Crippen LogP contribution >= 0.6 is 0 Å². The summed E-state index contributed by atoms with van der Waals surface area (Å²) >= 11 is 0. The summed E-state index contributed by atoms with van der Waals surface area (Å²) in [7, 11) is 0. The van der Waals surface area contributed by atoms with Crippen molar-refractivity contribution in [2.45, 2.75) is 18.1 Å². The molecule has 1 N–H and O–H groups in total. The Hall–Kier alpha value is -1.55. The van der Waals surface area contributed by atoms with E-state index in [0.29, 0.717) is 13.1 Å².